The van der Waals surface area contributed by atoms with Gasteiger partial charge >= 0.3 is 5.69 Å². The van der Waals surface area contributed by atoms with E-state index in [1.807, 2.05) is 18.2 Å². The van der Waals surface area contributed by atoms with Gasteiger partial charge in [0.2, 0.25) is 5.15 Å². The van der Waals surface area contributed by atoms with Crippen LogP contribution in [0.1, 0.15) is 0 Å². The smallest absolute Gasteiger partial charge is 0.258 e. The maximum Gasteiger partial charge on any atom is 0.307 e. The molecule has 0 aliphatic rings. The Labute approximate surface area is 106 Å². The molecule has 0 aliphatic carbocycles. The molecule has 2 heterocycles. The van der Waals surface area contributed by atoms with E-state index < -0.39 is 4.92 Å². The number of fused-ring (bicyclic) bond motifs is 3. The monoisotopic (exact) mass is 259 g/mol. The van der Waals surface area contributed by atoms with Crippen molar-refractivity contribution in [3.8, 4) is 0 Å². The van der Waals surface area contributed by atoms with Crippen LogP contribution < -0.4 is 0 Å². The van der Waals surface area contributed by atoms with Crippen molar-refractivity contribution in [2.24, 2.45) is 0 Å². The van der Waals surface area contributed by atoms with Gasteiger partial charge in [-0.3, -0.25) is 15.1 Å². The molecule has 88 valence electrons. The third-order valence-corrected chi connectivity index (χ3v) is 2.97. The van der Waals surface area contributed by atoms with Gasteiger partial charge in [-0.2, -0.15) is 0 Å². The number of hydrogen-bond donors (Lipinski definition) is 0. The second-order valence-corrected chi connectivity index (χ2v) is 4.13. The van der Waals surface area contributed by atoms with Crippen molar-refractivity contribution in [2.45, 2.75) is 0 Å². The van der Waals surface area contributed by atoms with Gasteiger partial charge in [-0.15, -0.1) is 0 Å². The lowest BCUT2D eigenvalue weighted by molar-refractivity contribution is -0.384. The Morgan fingerprint density at radius 1 is 1.17 bits per heavy atom. The first-order valence-corrected chi connectivity index (χ1v) is 5.53. The zero-order valence-electron chi connectivity index (χ0n) is 9.00. The van der Waals surface area contributed by atoms with Gasteiger partial charge in [0.25, 0.3) is 0 Å². The van der Waals surface area contributed by atoms with Gasteiger partial charge in [-0.05, 0) is 6.07 Å². The lowest BCUT2D eigenvalue weighted by Crippen LogP contribution is -1.93. The first-order valence-electron chi connectivity index (χ1n) is 5.15. The second-order valence-electron chi connectivity index (χ2n) is 3.77. The van der Waals surface area contributed by atoms with Crippen LogP contribution in [0.5, 0.6) is 0 Å². The minimum absolute atomic E-state index is 0.120. The van der Waals surface area contributed by atoms with Crippen LogP contribution in [-0.4, -0.2) is 14.9 Å². The highest BCUT2D eigenvalue weighted by atomic mass is 35.5. The molecule has 0 fully saturated rings. The molecule has 0 N–H and O–H groups in total. The number of halogens is 1. The van der Waals surface area contributed by atoms with Gasteiger partial charge < -0.3 is 0 Å². The molecule has 2 aromatic heterocycles. The van der Waals surface area contributed by atoms with E-state index >= 15 is 0 Å². The molecule has 0 aliphatic heterocycles. The summed E-state index contributed by atoms with van der Waals surface area (Å²) in [6.07, 6.45) is 1.65. The zero-order chi connectivity index (χ0) is 12.7. The van der Waals surface area contributed by atoms with E-state index in [4.69, 9.17) is 11.6 Å². The SMILES string of the molecule is O=[N+]([O-])c1cc2ccc3cccnc3c2nc1Cl. The van der Waals surface area contributed by atoms with Crippen LogP contribution >= 0.6 is 11.6 Å². The number of hydrogen-bond acceptors (Lipinski definition) is 4. The molecule has 1 aromatic carbocycles. The third-order valence-electron chi connectivity index (χ3n) is 2.69. The van der Waals surface area contributed by atoms with Crippen molar-refractivity contribution >= 4 is 39.1 Å². The van der Waals surface area contributed by atoms with Crippen LogP contribution in [-0.2, 0) is 0 Å². The predicted octanol–water partition coefficient (Wildman–Crippen LogP) is 3.34. The number of pyridine rings is 2. The summed E-state index contributed by atoms with van der Waals surface area (Å²) in [7, 11) is 0. The van der Waals surface area contributed by atoms with E-state index in [0.29, 0.717) is 16.4 Å². The fourth-order valence-corrected chi connectivity index (χ4v) is 2.08. The molecule has 0 amide bonds. The molecular weight excluding hydrogens is 254 g/mol. The molecule has 0 saturated heterocycles. The Bertz CT molecular complexity index is 789. The van der Waals surface area contributed by atoms with E-state index in [-0.39, 0.29) is 10.8 Å². The summed E-state index contributed by atoms with van der Waals surface area (Å²) >= 11 is 5.82. The van der Waals surface area contributed by atoms with Crippen LogP contribution in [0.4, 0.5) is 5.69 Å². The third kappa shape index (κ3) is 1.56. The minimum Gasteiger partial charge on any atom is -0.258 e. The molecule has 6 heteroatoms. The highest BCUT2D eigenvalue weighted by Crippen LogP contribution is 2.29. The van der Waals surface area contributed by atoms with Crippen LogP contribution in [0.25, 0.3) is 21.8 Å². The number of rotatable bonds is 1. The highest BCUT2D eigenvalue weighted by Gasteiger charge is 2.16. The van der Waals surface area contributed by atoms with Gasteiger partial charge in [0.15, 0.2) is 0 Å². The van der Waals surface area contributed by atoms with Gasteiger partial charge in [-0.25, -0.2) is 4.98 Å². The highest BCUT2D eigenvalue weighted by molar-refractivity contribution is 6.32. The summed E-state index contributed by atoms with van der Waals surface area (Å²) in [5, 5.41) is 12.2. The molecule has 0 spiro atoms. The molecule has 3 aromatic rings. The van der Waals surface area contributed by atoms with Crippen molar-refractivity contribution in [1.29, 1.82) is 0 Å². The molecule has 0 atom stereocenters. The quantitative estimate of drug-likeness (QED) is 0.291. The van der Waals surface area contributed by atoms with Gasteiger partial charge in [0.05, 0.1) is 16.0 Å². The molecule has 0 radical (unpaired) electrons. The molecule has 0 unspecified atom stereocenters. The molecule has 0 bridgehead atoms. The number of aromatic nitrogens is 2. The molecule has 5 nitrogen and oxygen atoms in total. The van der Waals surface area contributed by atoms with E-state index in [2.05, 4.69) is 9.97 Å². The maximum atomic E-state index is 10.8. The topological polar surface area (TPSA) is 68.9 Å². The molecule has 18 heavy (non-hydrogen) atoms. The van der Waals surface area contributed by atoms with Crippen molar-refractivity contribution in [3.63, 3.8) is 0 Å². The van der Waals surface area contributed by atoms with Crippen LogP contribution in [0, 0.1) is 10.1 Å². The number of benzene rings is 1. The Morgan fingerprint density at radius 3 is 2.72 bits per heavy atom. The summed E-state index contributed by atoms with van der Waals surface area (Å²) in [6.45, 7) is 0. The lowest BCUT2D eigenvalue weighted by Gasteiger charge is -2.03. The Morgan fingerprint density at radius 2 is 1.94 bits per heavy atom. The van der Waals surface area contributed by atoms with Crippen LogP contribution in [0.2, 0.25) is 5.15 Å². The Balaban J connectivity index is 2.46. The zero-order valence-corrected chi connectivity index (χ0v) is 9.76. The lowest BCUT2D eigenvalue weighted by atomic mass is 10.1. The summed E-state index contributed by atoms with van der Waals surface area (Å²) in [5.41, 5.74) is 1.06. The number of nitrogens with zero attached hydrogens (tertiary/aromatic N) is 3. The second kappa shape index (κ2) is 3.89. The largest absolute Gasteiger partial charge is 0.307 e. The predicted molar refractivity (Wildman–Crippen MR) is 68.7 cm³/mol. The van der Waals surface area contributed by atoms with Crippen molar-refractivity contribution in [3.05, 3.63) is 51.8 Å². The Kier molecular flexibility index (Phi) is 2.34. The fourth-order valence-electron chi connectivity index (χ4n) is 1.87. The van der Waals surface area contributed by atoms with Gasteiger partial charge in [0.1, 0.15) is 0 Å². The average Bonchev–Trinajstić information content (AvgIpc) is 2.37. The standard InChI is InChI=1S/C12H6ClN3O2/c13-12-9(16(17)18)6-8-4-3-7-2-1-5-14-10(7)11(8)15-12/h1-6H. The normalized spacial score (nSPS) is 10.9. The first-order chi connectivity index (χ1) is 8.66. The molecule has 0 saturated carbocycles. The van der Waals surface area contributed by atoms with E-state index in [9.17, 15) is 10.1 Å². The van der Waals surface area contributed by atoms with Crippen molar-refractivity contribution < 1.29 is 4.92 Å². The van der Waals surface area contributed by atoms with Gasteiger partial charge in [-0.1, -0.05) is 29.8 Å². The van der Waals surface area contributed by atoms with E-state index in [0.717, 1.165) is 5.39 Å². The van der Waals surface area contributed by atoms with E-state index in [1.54, 1.807) is 12.3 Å². The summed E-state index contributed by atoms with van der Waals surface area (Å²) in [5.74, 6) is 0. The van der Waals surface area contributed by atoms with Gasteiger partial charge in [0, 0.05) is 23.0 Å². The summed E-state index contributed by atoms with van der Waals surface area (Å²) < 4.78 is 0. The van der Waals surface area contributed by atoms with Crippen LogP contribution in [0.15, 0.2) is 36.5 Å². The van der Waals surface area contributed by atoms with E-state index in [1.165, 1.54) is 6.07 Å². The number of nitro groups is 1. The Hall–Kier alpha value is -2.27. The average molecular weight is 260 g/mol. The summed E-state index contributed by atoms with van der Waals surface area (Å²) in [6, 6.07) is 8.76. The van der Waals surface area contributed by atoms with Crippen molar-refractivity contribution in [1.82, 2.24) is 9.97 Å². The molecular formula is C12H6ClN3O2. The fraction of sp³-hybridized carbons (Fsp3) is 0. The van der Waals surface area contributed by atoms with Crippen molar-refractivity contribution in [2.75, 3.05) is 0 Å². The first kappa shape index (κ1) is 10.9. The van der Waals surface area contributed by atoms with Crippen LogP contribution in [0.3, 0.4) is 0 Å². The minimum atomic E-state index is -0.544. The summed E-state index contributed by atoms with van der Waals surface area (Å²) in [4.78, 5) is 18.6. The molecule has 3 rings (SSSR count). The maximum absolute atomic E-state index is 10.8.